The SMILES string of the molecule is CC(Oc1cccc(N)c1)N(CCCl)CCCl. The van der Waals surface area contributed by atoms with Gasteiger partial charge in [-0.3, -0.25) is 4.90 Å². The summed E-state index contributed by atoms with van der Waals surface area (Å²) in [6.45, 7) is 3.47. The molecule has 0 amide bonds. The average Bonchev–Trinajstić information content (AvgIpc) is 2.28. The monoisotopic (exact) mass is 276 g/mol. The molecule has 1 unspecified atom stereocenters. The normalized spacial score (nSPS) is 12.7. The lowest BCUT2D eigenvalue weighted by atomic mass is 10.3. The maximum absolute atomic E-state index is 5.79. The molecule has 96 valence electrons. The average molecular weight is 277 g/mol. The molecule has 0 spiro atoms. The Hall–Kier alpha value is -0.640. The lowest BCUT2D eigenvalue weighted by molar-refractivity contribution is 0.0493. The van der Waals surface area contributed by atoms with Gasteiger partial charge in [0.2, 0.25) is 0 Å². The molecule has 0 fully saturated rings. The van der Waals surface area contributed by atoms with Gasteiger partial charge in [-0.15, -0.1) is 23.2 Å². The number of ether oxygens (including phenoxy) is 1. The first-order valence-corrected chi connectivity index (χ1v) is 6.62. The van der Waals surface area contributed by atoms with Crippen molar-refractivity contribution in [3.63, 3.8) is 0 Å². The summed E-state index contributed by atoms with van der Waals surface area (Å²) in [7, 11) is 0. The Balaban J connectivity index is 2.59. The van der Waals surface area contributed by atoms with Crippen LogP contribution >= 0.6 is 23.2 Å². The highest BCUT2D eigenvalue weighted by atomic mass is 35.5. The van der Waals surface area contributed by atoms with Crippen molar-refractivity contribution in [2.45, 2.75) is 13.2 Å². The van der Waals surface area contributed by atoms with E-state index >= 15 is 0 Å². The minimum absolute atomic E-state index is 0.0747. The zero-order chi connectivity index (χ0) is 12.7. The highest BCUT2D eigenvalue weighted by molar-refractivity contribution is 6.18. The van der Waals surface area contributed by atoms with Crippen LogP contribution in [0.15, 0.2) is 24.3 Å². The molecule has 0 aliphatic heterocycles. The number of rotatable bonds is 7. The standard InChI is InChI=1S/C12H18Cl2N2O/c1-10(16(7-5-13)8-6-14)17-12-4-2-3-11(15)9-12/h2-4,9-10H,5-8,15H2,1H3. The van der Waals surface area contributed by atoms with Gasteiger partial charge in [0.25, 0.3) is 0 Å². The van der Waals surface area contributed by atoms with Gasteiger partial charge in [0.15, 0.2) is 0 Å². The number of alkyl halides is 2. The van der Waals surface area contributed by atoms with Gasteiger partial charge in [-0.05, 0) is 19.1 Å². The molecule has 0 aliphatic rings. The molecule has 1 rings (SSSR count). The van der Waals surface area contributed by atoms with E-state index < -0.39 is 0 Å². The molecular formula is C12H18Cl2N2O. The molecule has 1 atom stereocenters. The first-order valence-electron chi connectivity index (χ1n) is 5.55. The maximum Gasteiger partial charge on any atom is 0.149 e. The Morgan fingerprint density at radius 1 is 1.29 bits per heavy atom. The fourth-order valence-electron chi connectivity index (χ4n) is 1.55. The van der Waals surface area contributed by atoms with E-state index in [2.05, 4.69) is 4.90 Å². The third-order valence-corrected chi connectivity index (χ3v) is 2.76. The lowest BCUT2D eigenvalue weighted by Crippen LogP contribution is -2.39. The molecule has 0 aromatic heterocycles. The zero-order valence-electron chi connectivity index (χ0n) is 9.90. The number of hydrogen-bond acceptors (Lipinski definition) is 3. The molecule has 17 heavy (non-hydrogen) atoms. The van der Waals surface area contributed by atoms with Gasteiger partial charge in [0.1, 0.15) is 12.0 Å². The van der Waals surface area contributed by atoms with E-state index in [1.54, 1.807) is 6.07 Å². The lowest BCUT2D eigenvalue weighted by Gasteiger charge is -2.28. The summed E-state index contributed by atoms with van der Waals surface area (Å²) in [6.07, 6.45) is -0.0747. The van der Waals surface area contributed by atoms with Crippen molar-refractivity contribution in [1.29, 1.82) is 0 Å². The van der Waals surface area contributed by atoms with Crippen molar-refractivity contribution in [2.75, 3.05) is 30.6 Å². The summed E-state index contributed by atoms with van der Waals surface area (Å²) < 4.78 is 5.79. The molecule has 0 radical (unpaired) electrons. The van der Waals surface area contributed by atoms with E-state index in [1.807, 2.05) is 25.1 Å². The third-order valence-electron chi connectivity index (χ3n) is 2.42. The molecule has 0 saturated heterocycles. The molecule has 0 aliphatic carbocycles. The van der Waals surface area contributed by atoms with Crippen molar-refractivity contribution in [1.82, 2.24) is 4.90 Å². The number of nitrogens with two attached hydrogens (primary N) is 1. The fourth-order valence-corrected chi connectivity index (χ4v) is 1.99. The van der Waals surface area contributed by atoms with Gasteiger partial charge in [0, 0.05) is 36.6 Å². The van der Waals surface area contributed by atoms with Crippen LogP contribution in [0.1, 0.15) is 6.92 Å². The van der Waals surface area contributed by atoms with Gasteiger partial charge >= 0.3 is 0 Å². The molecular weight excluding hydrogens is 259 g/mol. The number of hydrogen-bond donors (Lipinski definition) is 1. The number of anilines is 1. The predicted octanol–water partition coefficient (Wildman–Crippen LogP) is 2.77. The number of halogens is 2. The molecule has 3 nitrogen and oxygen atoms in total. The van der Waals surface area contributed by atoms with Crippen molar-refractivity contribution in [3.8, 4) is 5.75 Å². The summed E-state index contributed by atoms with van der Waals surface area (Å²) >= 11 is 11.5. The smallest absolute Gasteiger partial charge is 0.149 e. The summed E-state index contributed by atoms with van der Waals surface area (Å²) in [6, 6.07) is 7.38. The summed E-state index contributed by atoms with van der Waals surface area (Å²) in [5.41, 5.74) is 6.38. The summed E-state index contributed by atoms with van der Waals surface area (Å²) in [5, 5.41) is 0. The minimum Gasteiger partial charge on any atom is -0.475 e. The number of benzene rings is 1. The Bertz CT molecular complexity index is 330. The Morgan fingerprint density at radius 2 is 1.94 bits per heavy atom. The third kappa shape index (κ3) is 5.02. The maximum atomic E-state index is 5.79. The van der Waals surface area contributed by atoms with Crippen LogP contribution in [0.3, 0.4) is 0 Å². The molecule has 0 heterocycles. The van der Waals surface area contributed by atoms with Gasteiger partial charge in [-0.1, -0.05) is 6.07 Å². The second-order valence-electron chi connectivity index (χ2n) is 3.70. The van der Waals surface area contributed by atoms with Gasteiger partial charge in [0.05, 0.1) is 0 Å². The molecule has 0 bridgehead atoms. The quantitative estimate of drug-likeness (QED) is 0.473. The van der Waals surface area contributed by atoms with Crippen LogP contribution in [0.5, 0.6) is 5.75 Å². The Kier molecular flexibility index (Phi) is 6.48. The number of nitrogens with zero attached hydrogens (tertiary/aromatic N) is 1. The minimum atomic E-state index is -0.0747. The molecule has 2 N–H and O–H groups in total. The van der Waals surface area contributed by atoms with Crippen LogP contribution in [0.4, 0.5) is 5.69 Å². The molecule has 0 saturated carbocycles. The van der Waals surface area contributed by atoms with Crippen LogP contribution < -0.4 is 10.5 Å². The summed E-state index contributed by atoms with van der Waals surface area (Å²) in [4.78, 5) is 2.09. The highest BCUT2D eigenvalue weighted by Crippen LogP contribution is 2.17. The van der Waals surface area contributed by atoms with Crippen LogP contribution in [-0.4, -0.2) is 36.0 Å². The van der Waals surface area contributed by atoms with E-state index in [4.69, 9.17) is 33.7 Å². The zero-order valence-corrected chi connectivity index (χ0v) is 11.4. The molecule has 5 heteroatoms. The van der Waals surface area contributed by atoms with E-state index in [1.165, 1.54) is 0 Å². The van der Waals surface area contributed by atoms with Gasteiger partial charge in [-0.2, -0.15) is 0 Å². The van der Waals surface area contributed by atoms with Crippen molar-refractivity contribution in [2.24, 2.45) is 0 Å². The van der Waals surface area contributed by atoms with E-state index in [9.17, 15) is 0 Å². The van der Waals surface area contributed by atoms with Crippen LogP contribution in [0.25, 0.3) is 0 Å². The highest BCUT2D eigenvalue weighted by Gasteiger charge is 2.14. The predicted molar refractivity (Wildman–Crippen MR) is 74.0 cm³/mol. The second-order valence-corrected chi connectivity index (χ2v) is 4.46. The molecule has 1 aromatic rings. The first-order chi connectivity index (χ1) is 8.17. The number of nitrogen functional groups attached to an aromatic ring is 1. The van der Waals surface area contributed by atoms with Crippen molar-refractivity contribution >= 4 is 28.9 Å². The molecule has 1 aromatic carbocycles. The van der Waals surface area contributed by atoms with Crippen LogP contribution in [0, 0.1) is 0 Å². The van der Waals surface area contributed by atoms with Crippen LogP contribution in [0.2, 0.25) is 0 Å². The van der Waals surface area contributed by atoms with Crippen molar-refractivity contribution in [3.05, 3.63) is 24.3 Å². The van der Waals surface area contributed by atoms with Gasteiger partial charge < -0.3 is 10.5 Å². The van der Waals surface area contributed by atoms with Gasteiger partial charge in [-0.25, -0.2) is 0 Å². The fraction of sp³-hybridized carbons (Fsp3) is 0.500. The van der Waals surface area contributed by atoms with E-state index in [-0.39, 0.29) is 6.23 Å². The first kappa shape index (κ1) is 14.4. The largest absolute Gasteiger partial charge is 0.475 e. The topological polar surface area (TPSA) is 38.5 Å². The van der Waals surface area contributed by atoms with Crippen molar-refractivity contribution < 1.29 is 4.74 Å². The van der Waals surface area contributed by atoms with E-state index in [0.717, 1.165) is 18.8 Å². The Morgan fingerprint density at radius 3 is 2.47 bits per heavy atom. The Labute approximate surface area is 112 Å². The second kappa shape index (κ2) is 7.64. The van der Waals surface area contributed by atoms with Crippen LogP contribution in [-0.2, 0) is 0 Å². The van der Waals surface area contributed by atoms with E-state index in [0.29, 0.717) is 17.4 Å². The summed E-state index contributed by atoms with van der Waals surface area (Å²) in [5.74, 6) is 1.87.